The number of amides is 1. The maximum absolute atomic E-state index is 10.8. The Labute approximate surface area is 100 Å². The zero-order valence-corrected chi connectivity index (χ0v) is 9.88. The highest BCUT2D eigenvalue weighted by Gasteiger charge is 2.04. The third kappa shape index (κ3) is 2.17. The number of hydrogen-bond acceptors (Lipinski definition) is 2. The summed E-state index contributed by atoms with van der Waals surface area (Å²) in [5.41, 5.74) is 6.34. The van der Waals surface area contributed by atoms with E-state index in [0.29, 0.717) is 0 Å². The number of rotatable bonds is 2. The Morgan fingerprint density at radius 3 is 2.53 bits per heavy atom. The molecule has 0 fully saturated rings. The summed E-state index contributed by atoms with van der Waals surface area (Å²) in [5, 5.41) is 0. The molecule has 0 atom stereocenters. The standard InChI is InChI=1S/C10H8IN3O/c11-7-1-3-8(4-2-7)14-5-9(10(12)15)13-6-14/h1-6H,(H2,12,15). The Morgan fingerprint density at radius 2 is 2.00 bits per heavy atom. The van der Waals surface area contributed by atoms with E-state index in [1.54, 1.807) is 17.1 Å². The SMILES string of the molecule is NC(=O)c1cn(-c2ccc(I)cc2)cn1. The van der Waals surface area contributed by atoms with Gasteiger partial charge in [-0.2, -0.15) is 0 Å². The fourth-order valence-corrected chi connectivity index (χ4v) is 1.56. The summed E-state index contributed by atoms with van der Waals surface area (Å²) in [7, 11) is 0. The Bertz CT molecular complexity index is 490. The van der Waals surface area contributed by atoms with Crippen molar-refractivity contribution in [2.24, 2.45) is 5.73 Å². The average molecular weight is 313 g/mol. The normalized spacial score (nSPS) is 10.2. The molecule has 0 aliphatic carbocycles. The molecule has 0 saturated heterocycles. The monoisotopic (exact) mass is 313 g/mol. The molecule has 15 heavy (non-hydrogen) atoms. The van der Waals surface area contributed by atoms with Gasteiger partial charge in [-0.05, 0) is 46.9 Å². The number of halogens is 1. The summed E-state index contributed by atoms with van der Waals surface area (Å²) >= 11 is 2.23. The first kappa shape index (κ1) is 10.2. The van der Waals surface area contributed by atoms with E-state index in [0.717, 1.165) is 9.26 Å². The number of nitrogens with zero attached hydrogens (tertiary/aromatic N) is 2. The minimum absolute atomic E-state index is 0.272. The lowest BCUT2D eigenvalue weighted by atomic mass is 10.3. The highest BCUT2D eigenvalue weighted by Crippen LogP contribution is 2.11. The van der Waals surface area contributed by atoms with Gasteiger partial charge in [-0.15, -0.1) is 0 Å². The minimum atomic E-state index is -0.515. The van der Waals surface area contributed by atoms with Gasteiger partial charge < -0.3 is 10.3 Å². The first-order chi connectivity index (χ1) is 7.16. The molecule has 0 aliphatic rings. The summed E-state index contributed by atoms with van der Waals surface area (Å²) in [5.74, 6) is -0.515. The van der Waals surface area contributed by atoms with Crippen LogP contribution in [-0.2, 0) is 0 Å². The van der Waals surface area contributed by atoms with Gasteiger partial charge in [0, 0.05) is 15.5 Å². The molecule has 1 aromatic carbocycles. The van der Waals surface area contributed by atoms with E-state index in [2.05, 4.69) is 27.6 Å². The molecule has 1 heterocycles. The largest absolute Gasteiger partial charge is 0.364 e. The first-order valence-electron chi connectivity index (χ1n) is 4.26. The van der Waals surface area contributed by atoms with Gasteiger partial charge in [0.15, 0.2) is 0 Å². The number of hydrogen-bond donors (Lipinski definition) is 1. The number of primary amides is 1. The average Bonchev–Trinajstić information content (AvgIpc) is 2.68. The first-order valence-corrected chi connectivity index (χ1v) is 5.34. The Kier molecular flexibility index (Phi) is 2.72. The number of benzene rings is 1. The van der Waals surface area contributed by atoms with Crippen molar-refractivity contribution in [2.45, 2.75) is 0 Å². The van der Waals surface area contributed by atoms with Crippen LogP contribution in [0.1, 0.15) is 10.5 Å². The lowest BCUT2D eigenvalue weighted by Gasteiger charge is -2.00. The second-order valence-corrected chi connectivity index (χ2v) is 4.25. The van der Waals surface area contributed by atoms with Crippen molar-refractivity contribution in [3.63, 3.8) is 0 Å². The van der Waals surface area contributed by atoms with Crippen molar-refractivity contribution >= 4 is 28.5 Å². The van der Waals surface area contributed by atoms with E-state index in [4.69, 9.17) is 5.73 Å². The molecular formula is C10H8IN3O. The fraction of sp³-hybridized carbons (Fsp3) is 0. The van der Waals surface area contributed by atoms with Gasteiger partial charge >= 0.3 is 0 Å². The summed E-state index contributed by atoms with van der Waals surface area (Å²) in [6.45, 7) is 0. The van der Waals surface area contributed by atoms with Gasteiger partial charge in [0.1, 0.15) is 12.0 Å². The molecule has 2 aromatic rings. The van der Waals surface area contributed by atoms with Crippen LogP contribution in [0.3, 0.4) is 0 Å². The molecule has 1 amide bonds. The molecule has 0 radical (unpaired) electrons. The number of imidazole rings is 1. The highest BCUT2D eigenvalue weighted by molar-refractivity contribution is 14.1. The van der Waals surface area contributed by atoms with Gasteiger partial charge in [-0.1, -0.05) is 0 Å². The van der Waals surface area contributed by atoms with Crippen molar-refractivity contribution in [2.75, 3.05) is 0 Å². The van der Waals surface area contributed by atoms with Crippen molar-refractivity contribution in [1.82, 2.24) is 9.55 Å². The summed E-state index contributed by atoms with van der Waals surface area (Å²) in [6.07, 6.45) is 3.19. The van der Waals surface area contributed by atoms with Crippen LogP contribution in [0.25, 0.3) is 5.69 Å². The van der Waals surface area contributed by atoms with E-state index >= 15 is 0 Å². The number of nitrogens with two attached hydrogens (primary N) is 1. The van der Waals surface area contributed by atoms with E-state index in [1.165, 1.54) is 0 Å². The van der Waals surface area contributed by atoms with Gasteiger partial charge in [-0.25, -0.2) is 4.98 Å². The highest BCUT2D eigenvalue weighted by atomic mass is 127. The zero-order valence-electron chi connectivity index (χ0n) is 7.72. The van der Waals surface area contributed by atoms with Crippen LogP contribution in [0.2, 0.25) is 0 Å². The predicted octanol–water partition coefficient (Wildman–Crippen LogP) is 1.58. The van der Waals surface area contributed by atoms with Crippen LogP contribution in [0, 0.1) is 3.57 Å². The van der Waals surface area contributed by atoms with Crippen molar-refractivity contribution < 1.29 is 4.79 Å². The van der Waals surface area contributed by atoms with Crippen LogP contribution >= 0.6 is 22.6 Å². The maximum atomic E-state index is 10.8. The van der Waals surface area contributed by atoms with E-state index < -0.39 is 5.91 Å². The van der Waals surface area contributed by atoms with Gasteiger partial charge in [-0.3, -0.25) is 4.79 Å². The number of aromatic nitrogens is 2. The third-order valence-electron chi connectivity index (χ3n) is 1.96. The summed E-state index contributed by atoms with van der Waals surface area (Å²) in [4.78, 5) is 14.7. The van der Waals surface area contributed by atoms with Gasteiger partial charge in [0.25, 0.3) is 5.91 Å². The fourth-order valence-electron chi connectivity index (χ4n) is 1.20. The molecule has 0 aliphatic heterocycles. The van der Waals surface area contributed by atoms with Gasteiger partial charge in [0.05, 0.1) is 0 Å². The number of carbonyl (C=O) groups excluding carboxylic acids is 1. The molecule has 0 unspecified atom stereocenters. The Balaban J connectivity index is 2.37. The molecule has 0 saturated carbocycles. The van der Waals surface area contributed by atoms with E-state index in [1.807, 2.05) is 24.3 Å². The lowest BCUT2D eigenvalue weighted by molar-refractivity contribution is 0.0996. The molecular weight excluding hydrogens is 305 g/mol. The topological polar surface area (TPSA) is 60.9 Å². The quantitative estimate of drug-likeness (QED) is 0.856. The molecule has 5 heteroatoms. The molecule has 0 bridgehead atoms. The zero-order chi connectivity index (χ0) is 10.8. The van der Waals surface area contributed by atoms with Crippen LogP contribution in [-0.4, -0.2) is 15.5 Å². The van der Waals surface area contributed by atoms with Crippen LogP contribution in [0.15, 0.2) is 36.8 Å². The number of carbonyl (C=O) groups is 1. The van der Waals surface area contributed by atoms with E-state index in [-0.39, 0.29) is 5.69 Å². The van der Waals surface area contributed by atoms with Crippen molar-refractivity contribution in [3.05, 3.63) is 46.1 Å². The second kappa shape index (κ2) is 4.01. The minimum Gasteiger partial charge on any atom is -0.364 e. The van der Waals surface area contributed by atoms with Crippen LogP contribution in [0.4, 0.5) is 0 Å². The lowest BCUT2D eigenvalue weighted by Crippen LogP contribution is -2.10. The van der Waals surface area contributed by atoms with Crippen molar-refractivity contribution in [1.29, 1.82) is 0 Å². The molecule has 76 valence electrons. The van der Waals surface area contributed by atoms with Crippen molar-refractivity contribution in [3.8, 4) is 5.69 Å². The van der Waals surface area contributed by atoms with Crippen LogP contribution in [0.5, 0.6) is 0 Å². The molecule has 2 rings (SSSR count). The maximum Gasteiger partial charge on any atom is 0.268 e. The molecule has 2 N–H and O–H groups in total. The molecule has 4 nitrogen and oxygen atoms in total. The second-order valence-electron chi connectivity index (χ2n) is 3.01. The predicted molar refractivity (Wildman–Crippen MR) is 64.8 cm³/mol. The summed E-state index contributed by atoms with van der Waals surface area (Å²) in [6, 6.07) is 7.88. The molecule has 0 spiro atoms. The Hall–Kier alpha value is -1.37. The van der Waals surface area contributed by atoms with E-state index in [9.17, 15) is 4.79 Å². The summed E-state index contributed by atoms with van der Waals surface area (Å²) < 4.78 is 2.92. The molecule has 1 aromatic heterocycles. The smallest absolute Gasteiger partial charge is 0.268 e. The Morgan fingerprint density at radius 1 is 1.33 bits per heavy atom. The van der Waals surface area contributed by atoms with Gasteiger partial charge in [0.2, 0.25) is 0 Å². The van der Waals surface area contributed by atoms with Crippen LogP contribution < -0.4 is 5.73 Å². The third-order valence-corrected chi connectivity index (χ3v) is 2.68.